The standard InChI is InChI=1S/C22H20N2O2S/c1-15-7-6-10-18(13-15)26-12-11-24-14-23-21-19(22(24)25)16(2)20(27-21)17-8-4-3-5-9-17/h3-10,13-14H,11-12H2,1-2H3. The third-order valence-electron chi connectivity index (χ3n) is 4.54. The molecule has 5 heteroatoms. The lowest BCUT2D eigenvalue weighted by molar-refractivity contribution is 0.296. The fourth-order valence-corrected chi connectivity index (χ4v) is 4.30. The van der Waals surface area contributed by atoms with Gasteiger partial charge in [0.25, 0.3) is 5.56 Å². The second-order valence-corrected chi connectivity index (χ2v) is 7.51. The van der Waals surface area contributed by atoms with Gasteiger partial charge in [-0.3, -0.25) is 9.36 Å². The predicted molar refractivity (Wildman–Crippen MR) is 111 cm³/mol. The first-order valence-corrected chi connectivity index (χ1v) is 9.68. The van der Waals surface area contributed by atoms with E-state index in [1.165, 1.54) is 0 Å². The van der Waals surface area contributed by atoms with Crippen molar-refractivity contribution in [3.05, 3.63) is 82.4 Å². The number of aromatic nitrogens is 2. The van der Waals surface area contributed by atoms with Crippen molar-refractivity contribution in [3.8, 4) is 16.2 Å². The van der Waals surface area contributed by atoms with Crippen molar-refractivity contribution in [2.45, 2.75) is 20.4 Å². The molecule has 0 unspecified atom stereocenters. The average Bonchev–Trinajstić information content (AvgIpc) is 3.02. The van der Waals surface area contributed by atoms with E-state index in [0.717, 1.165) is 32.1 Å². The van der Waals surface area contributed by atoms with Gasteiger partial charge < -0.3 is 4.74 Å². The Hall–Kier alpha value is -2.92. The van der Waals surface area contributed by atoms with Gasteiger partial charge in [-0.05, 0) is 42.7 Å². The molecule has 0 amide bonds. The van der Waals surface area contributed by atoms with Crippen LogP contribution in [0.1, 0.15) is 11.1 Å². The lowest BCUT2D eigenvalue weighted by Gasteiger charge is -2.08. The summed E-state index contributed by atoms with van der Waals surface area (Å²) < 4.78 is 7.41. The Morgan fingerprint density at radius 1 is 1.07 bits per heavy atom. The molecule has 4 rings (SSSR count). The first kappa shape index (κ1) is 17.5. The van der Waals surface area contributed by atoms with Gasteiger partial charge in [-0.1, -0.05) is 42.5 Å². The summed E-state index contributed by atoms with van der Waals surface area (Å²) in [6, 6.07) is 18.0. The molecule has 0 atom stereocenters. The van der Waals surface area contributed by atoms with Crippen LogP contribution in [-0.2, 0) is 6.54 Å². The van der Waals surface area contributed by atoms with Crippen LogP contribution in [0.2, 0.25) is 0 Å². The molecular weight excluding hydrogens is 356 g/mol. The summed E-state index contributed by atoms with van der Waals surface area (Å²) in [6.45, 7) is 4.91. The van der Waals surface area contributed by atoms with E-state index < -0.39 is 0 Å². The molecule has 0 saturated heterocycles. The third-order valence-corrected chi connectivity index (χ3v) is 5.79. The molecule has 0 saturated carbocycles. The Bertz CT molecular complexity index is 1150. The molecule has 2 aromatic heterocycles. The van der Waals surface area contributed by atoms with Crippen LogP contribution >= 0.6 is 11.3 Å². The van der Waals surface area contributed by atoms with Gasteiger partial charge in [0.2, 0.25) is 0 Å². The van der Waals surface area contributed by atoms with Crippen molar-refractivity contribution in [2.75, 3.05) is 6.61 Å². The molecule has 0 fully saturated rings. The molecule has 0 aliphatic heterocycles. The normalized spacial score (nSPS) is 11.0. The molecule has 0 spiro atoms. The monoisotopic (exact) mass is 376 g/mol. The smallest absolute Gasteiger partial charge is 0.262 e. The maximum absolute atomic E-state index is 13.0. The van der Waals surface area contributed by atoms with Gasteiger partial charge >= 0.3 is 0 Å². The van der Waals surface area contributed by atoms with Crippen molar-refractivity contribution in [1.29, 1.82) is 0 Å². The zero-order valence-electron chi connectivity index (χ0n) is 15.3. The van der Waals surface area contributed by atoms with Gasteiger partial charge in [0.1, 0.15) is 17.2 Å². The van der Waals surface area contributed by atoms with Crippen LogP contribution < -0.4 is 10.3 Å². The molecule has 4 nitrogen and oxygen atoms in total. The molecule has 0 aliphatic carbocycles. The number of aryl methyl sites for hydroxylation is 2. The number of thiophene rings is 1. The Labute approximate surface area is 161 Å². The zero-order valence-corrected chi connectivity index (χ0v) is 16.1. The van der Waals surface area contributed by atoms with E-state index in [4.69, 9.17) is 4.74 Å². The van der Waals surface area contributed by atoms with E-state index in [1.807, 2.05) is 56.3 Å². The van der Waals surface area contributed by atoms with Gasteiger partial charge in [-0.15, -0.1) is 11.3 Å². The van der Waals surface area contributed by atoms with Crippen LogP contribution in [0.15, 0.2) is 65.7 Å². The average molecular weight is 376 g/mol. The summed E-state index contributed by atoms with van der Waals surface area (Å²) in [4.78, 5) is 19.4. The summed E-state index contributed by atoms with van der Waals surface area (Å²) in [7, 11) is 0. The van der Waals surface area contributed by atoms with Crippen LogP contribution in [0.3, 0.4) is 0 Å². The minimum atomic E-state index is -0.0104. The van der Waals surface area contributed by atoms with Gasteiger partial charge in [0.05, 0.1) is 18.3 Å². The molecule has 27 heavy (non-hydrogen) atoms. The Morgan fingerprint density at radius 3 is 2.67 bits per heavy atom. The van der Waals surface area contributed by atoms with Crippen LogP contribution in [0, 0.1) is 13.8 Å². The number of benzene rings is 2. The van der Waals surface area contributed by atoms with Gasteiger partial charge in [-0.25, -0.2) is 4.98 Å². The second kappa shape index (κ2) is 7.37. The number of ether oxygens (including phenoxy) is 1. The van der Waals surface area contributed by atoms with E-state index in [2.05, 4.69) is 17.1 Å². The molecule has 0 bridgehead atoms. The second-order valence-electron chi connectivity index (χ2n) is 6.51. The van der Waals surface area contributed by atoms with Crippen molar-refractivity contribution in [3.63, 3.8) is 0 Å². The van der Waals surface area contributed by atoms with Crippen LogP contribution in [0.4, 0.5) is 0 Å². The summed E-state index contributed by atoms with van der Waals surface area (Å²) in [5, 5.41) is 0.705. The van der Waals surface area contributed by atoms with Crippen LogP contribution in [0.25, 0.3) is 20.7 Å². The number of hydrogen-bond acceptors (Lipinski definition) is 4. The molecule has 2 aromatic carbocycles. The molecule has 136 valence electrons. The van der Waals surface area contributed by atoms with Crippen molar-refractivity contribution in [2.24, 2.45) is 0 Å². The molecule has 0 aliphatic rings. The molecular formula is C22H20N2O2S. The van der Waals surface area contributed by atoms with Crippen molar-refractivity contribution < 1.29 is 4.74 Å². The summed E-state index contributed by atoms with van der Waals surface area (Å²) >= 11 is 1.57. The van der Waals surface area contributed by atoms with Gasteiger partial charge in [0, 0.05) is 4.88 Å². The van der Waals surface area contributed by atoms with E-state index in [-0.39, 0.29) is 5.56 Å². The number of rotatable bonds is 5. The van der Waals surface area contributed by atoms with Crippen molar-refractivity contribution >= 4 is 21.6 Å². The van der Waals surface area contributed by atoms with E-state index in [0.29, 0.717) is 18.5 Å². The van der Waals surface area contributed by atoms with E-state index >= 15 is 0 Å². The lowest BCUT2D eigenvalue weighted by atomic mass is 10.1. The number of hydrogen-bond donors (Lipinski definition) is 0. The van der Waals surface area contributed by atoms with Gasteiger partial charge in [0.15, 0.2) is 0 Å². The molecule has 0 radical (unpaired) electrons. The van der Waals surface area contributed by atoms with Crippen molar-refractivity contribution in [1.82, 2.24) is 9.55 Å². The summed E-state index contributed by atoms with van der Waals surface area (Å²) in [6.07, 6.45) is 1.62. The quantitative estimate of drug-likeness (QED) is 0.501. The zero-order chi connectivity index (χ0) is 18.8. The highest BCUT2D eigenvalue weighted by Gasteiger charge is 2.15. The lowest BCUT2D eigenvalue weighted by Crippen LogP contribution is -2.23. The van der Waals surface area contributed by atoms with Gasteiger partial charge in [-0.2, -0.15) is 0 Å². The fourth-order valence-electron chi connectivity index (χ4n) is 3.15. The Balaban J connectivity index is 1.60. The molecule has 4 aromatic rings. The molecule has 2 heterocycles. The SMILES string of the molecule is Cc1cccc(OCCn2cnc3sc(-c4ccccc4)c(C)c3c2=O)c1. The third kappa shape index (κ3) is 3.51. The van der Waals surface area contributed by atoms with E-state index in [9.17, 15) is 4.79 Å². The first-order chi connectivity index (χ1) is 13.1. The highest BCUT2D eigenvalue weighted by atomic mass is 32.1. The fraction of sp³-hybridized carbons (Fsp3) is 0.182. The highest BCUT2D eigenvalue weighted by Crippen LogP contribution is 2.35. The van der Waals surface area contributed by atoms with E-state index in [1.54, 1.807) is 22.2 Å². The van der Waals surface area contributed by atoms with Crippen LogP contribution in [-0.4, -0.2) is 16.2 Å². The Kier molecular flexibility index (Phi) is 4.77. The largest absolute Gasteiger partial charge is 0.492 e. The highest BCUT2D eigenvalue weighted by molar-refractivity contribution is 7.22. The maximum Gasteiger partial charge on any atom is 0.262 e. The Morgan fingerprint density at radius 2 is 1.89 bits per heavy atom. The predicted octanol–water partition coefficient (Wildman–Crippen LogP) is 4.82. The minimum Gasteiger partial charge on any atom is -0.492 e. The number of nitrogens with zero attached hydrogens (tertiary/aromatic N) is 2. The molecule has 0 N–H and O–H groups in total. The minimum absolute atomic E-state index is 0.0104. The summed E-state index contributed by atoms with van der Waals surface area (Å²) in [5.41, 5.74) is 3.25. The number of fused-ring (bicyclic) bond motifs is 1. The van der Waals surface area contributed by atoms with Crippen LogP contribution in [0.5, 0.6) is 5.75 Å². The topological polar surface area (TPSA) is 44.1 Å². The summed E-state index contributed by atoms with van der Waals surface area (Å²) in [5.74, 6) is 0.815. The maximum atomic E-state index is 13.0. The first-order valence-electron chi connectivity index (χ1n) is 8.87.